The molecule has 130 valence electrons. The molecule has 1 unspecified atom stereocenters. The first-order valence-corrected chi connectivity index (χ1v) is 10.6. The molecule has 0 spiro atoms. The van der Waals surface area contributed by atoms with Crippen LogP contribution < -0.4 is 10.4 Å². The third-order valence-corrected chi connectivity index (χ3v) is 7.31. The molecule has 0 aromatic heterocycles. The largest absolute Gasteiger partial charge is 0.0763 e. The Bertz CT molecular complexity index is 1100. The molecular formula is C25H23I. The minimum atomic E-state index is 0.197. The van der Waals surface area contributed by atoms with Gasteiger partial charge in [-0.25, -0.2) is 0 Å². The second-order valence-corrected chi connectivity index (χ2v) is 9.67. The molecular weight excluding hydrogens is 427 g/mol. The van der Waals surface area contributed by atoms with Crippen LogP contribution in [0.25, 0.3) is 17.2 Å². The van der Waals surface area contributed by atoms with E-state index < -0.39 is 0 Å². The van der Waals surface area contributed by atoms with Crippen molar-refractivity contribution in [3.8, 4) is 0 Å². The van der Waals surface area contributed by atoms with Crippen molar-refractivity contribution >= 4 is 39.8 Å². The van der Waals surface area contributed by atoms with Crippen molar-refractivity contribution in [2.24, 2.45) is 5.92 Å². The number of halogens is 1. The van der Waals surface area contributed by atoms with Crippen LogP contribution in [-0.2, 0) is 5.41 Å². The van der Waals surface area contributed by atoms with Gasteiger partial charge in [0.25, 0.3) is 0 Å². The van der Waals surface area contributed by atoms with E-state index in [-0.39, 0.29) is 5.41 Å². The van der Waals surface area contributed by atoms with Crippen LogP contribution in [0.4, 0.5) is 0 Å². The molecule has 0 saturated heterocycles. The van der Waals surface area contributed by atoms with Crippen LogP contribution in [0.1, 0.15) is 49.8 Å². The highest BCUT2D eigenvalue weighted by molar-refractivity contribution is 14.1. The fourth-order valence-electron chi connectivity index (χ4n) is 5.05. The molecule has 0 fully saturated rings. The number of hydrogen-bond acceptors (Lipinski definition) is 0. The molecule has 5 rings (SSSR count). The van der Waals surface area contributed by atoms with E-state index in [0.29, 0.717) is 5.92 Å². The van der Waals surface area contributed by atoms with Crippen molar-refractivity contribution in [3.05, 3.63) is 85.3 Å². The highest BCUT2D eigenvalue weighted by Gasteiger charge is 2.43. The van der Waals surface area contributed by atoms with Crippen LogP contribution in [0.15, 0.2) is 58.2 Å². The summed E-state index contributed by atoms with van der Waals surface area (Å²) in [6, 6.07) is 16.1. The zero-order chi connectivity index (χ0) is 17.9. The molecule has 26 heavy (non-hydrogen) atoms. The second kappa shape index (κ2) is 5.95. The predicted molar refractivity (Wildman–Crippen MR) is 120 cm³/mol. The summed E-state index contributed by atoms with van der Waals surface area (Å²) in [6.45, 7) is 4.87. The van der Waals surface area contributed by atoms with E-state index in [1.165, 1.54) is 42.7 Å². The zero-order valence-electron chi connectivity index (χ0n) is 15.4. The number of rotatable bonds is 1. The Morgan fingerprint density at radius 1 is 1.04 bits per heavy atom. The normalized spacial score (nSPS) is 22.6. The fraction of sp³-hybridized carbons (Fsp3) is 0.280. The van der Waals surface area contributed by atoms with Crippen LogP contribution >= 0.6 is 22.6 Å². The Hall–Kier alpha value is -1.61. The fourth-order valence-corrected chi connectivity index (χ4v) is 5.67. The topological polar surface area (TPSA) is 0 Å². The molecule has 2 aromatic rings. The van der Waals surface area contributed by atoms with Gasteiger partial charge in [0, 0.05) is 0 Å². The van der Waals surface area contributed by atoms with Gasteiger partial charge in [-0.1, -0.05) is 74.5 Å². The Morgan fingerprint density at radius 2 is 1.88 bits per heavy atom. The summed E-state index contributed by atoms with van der Waals surface area (Å²) in [6.07, 6.45) is 10.5. The van der Waals surface area contributed by atoms with E-state index in [2.05, 4.69) is 97.1 Å². The lowest BCUT2D eigenvalue weighted by molar-refractivity contribution is 0.414. The maximum absolute atomic E-state index is 2.50. The lowest BCUT2D eigenvalue weighted by Gasteiger charge is -2.30. The molecule has 0 saturated carbocycles. The summed E-state index contributed by atoms with van der Waals surface area (Å²) in [7, 11) is 0. The lowest BCUT2D eigenvalue weighted by atomic mass is 9.74. The third kappa shape index (κ3) is 2.40. The van der Waals surface area contributed by atoms with E-state index in [4.69, 9.17) is 0 Å². The van der Waals surface area contributed by atoms with Crippen molar-refractivity contribution in [2.75, 3.05) is 0 Å². The minimum absolute atomic E-state index is 0.197. The maximum atomic E-state index is 2.50. The quantitative estimate of drug-likeness (QED) is 0.506. The van der Waals surface area contributed by atoms with Crippen molar-refractivity contribution in [1.29, 1.82) is 0 Å². The smallest absolute Gasteiger partial charge is 0.00189 e. The SMILES string of the molecule is CC1(C)c2cc(C3=c4ccccc4=CCC3)ccc2C2=CC=C(I)CC21. The molecule has 0 bridgehead atoms. The molecule has 0 nitrogen and oxygen atoms in total. The van der Waals surface area contributed by atoms with Gasteiger partial charge in [0.15, 0.2) is 0 Å². The van der Waals surface area contributed by atoms with Gasteiger partial charge >= 0.3 is 0 Å². The van der Waals surface area contributed by atoms with Gasteiger partial charge in [0.1, 0.15) is 0 Å². The summed E-state index contributed by atoms with van der Waals surface area (Å²) in [5.41, 5.74) is 7.67. The average Bonchev–Trinajstić information content (AvgIpc) is 2.88. The van der Waals surface area contributed by atoms with Gasteiger partial charge in [0.05, 0.1) is 0 Å². The van der Waals surface area contributed by atoms with Gasteiger partial charge in [-0.3, -0.25) is 0 Å². The van der Waals surface area contributed by atoms with Crippen LogP contribution in [0.2, 0.25) is 0 Å². The third-order valence-electron chi connectivity index (χ3n) is 6.51. The molecule has 0 heterocycles. The van der Waals surface area contributed by atoms with Gasteiger partial charge in [-0.2, -0.15) is 0 Å². The van der Waals surface area contributed by atoms with Crippen LogP contribution in [0, 0.1) is 5.92 Å². The van der Waals surface area contributed by atoms with Crippen molar-refractivity contribution in [1.82, 2.24) is 0 Å². The van der Waals surface area contributed by atoms with E-state index >= 15 is 0 Å². The van der Waals surface area contributed by atoms with E-state index in [0.717, 1.165) is 12.8 Å². The molecule has 0 radical (unpaired) electrons. The minimum Gasteiger partial charge on any atom is -0.0763 e. The predicted octanol–water partition coefficient (Wildman–Crippen LogP) is 5.47. The van der Waals surface area contributed by atoms with Crippen LogP contribution in [-0.4, -0.2) is 0 Å². The van der Waals surface area contributed by atoms with Gasteiger partial charge in [-0.05, 0) is 95.0 Å². The van der Waals surface area contributed by atoms with Gasteiger partial charge < -0.3 is 0 Å². The molecule has 3 aliphatic rings. The summed E-state index contributed by atoms with van der Waals surface area (Å²) in [5, 5.41) is 2.81. The first-order valence-electron chi connectivity index (χ1n) is 9.55. The maximum Gasteiger partial charge on any atom is -0.00189 e. The van der Waals surface area contributed by atoms with Crippen LogP contribution in [0.3, 0.4) is 0 Å². The summed E-state index contributed by atoms with van der Waals surface area (Å²) < 4.78 is 1.48. The van der Waals surface area contributed by atoms with Crippen molar-refractivity contribution in [3.63, 3.8) is 0 Å². The van der Waals surface area contributed by atoms with Crippen molar-refractivity contribution < 1.29 is 0 Å². The highest BCUT2D eigenvalue weighted by atomic mass is 127. The van der Waals surface area contributed by atoms with E-state index in [1.54, 1.807) is 5.57 Å². The molecule has 3 aliphatic carbocycles. The zero-order valence-corrected chi connectivity index (χ0v) is 17.5. The molecule has 0 amide bonds. The Balaban J connectivity index is 1.72. The number of fused-ring (bicyclic) bond motifs is 4. The summed E-state index contributed by atoms with van der Waals surface area (Å²) in [5.74, 6) is 0.613. The molecule has 1 heteroatoms. The summed E-state index contributed by atoms with van der Waals surface area (Å²) in [4.78, 5) is 0. The monoisotopic (exact) mass is 450 g/mol. The number of benzene rings is 2. The Morgan fingerprint density at radius 3 is 2.77 bits per heavy atom. The van der Waals surface area contributed by atoms with E-state index in [1.807, 2.05) is 0 Å². The molecule has 0 N–H and O–H groups in total. The second-order valence-electron chi connectivity index (χ2n) is 8.28. The number of hydrogen-bond donors (Lipinski definition) is 0. The summed E-state index contributed by atoms with van der Waals surface area (Å²) >= 11 is 2.50. The molecule has 1 atom stereocenters. The molecule has 2 aromatic carbocycles. The first-order chi connectivity index (χ1) is 12.6. The average molecular weight is 450 g/mol. The van der Waals surface area contributed by atoms with Gasteiger partial charge in [-0.15, -0.1) is 0 Å². The van der Waals surface area contributed by atoms with Crippen LogP contribution in [0.5, 0.6) is 0 Å². The standard InChI is InChI=1S/C25H23I/c1-25(2)23-14-17(20-9-5-7-16-6-3-4-8-19(16)20)10-12-21(23)22-13-11-18(26)15-24(22)25/h3-4,6-8,10-14,24H,5,9,15H2,1-2H3. The van der Waals surface area contributed by atoms with Gasteiger partial charge in [0.2, 0.25) is 0 Å². The number of allylic oxidation sites excluding steroid dienone is 4. The highest BCUT2D eigenvalue weighted by Crippen LogP contribution is 2.54. The van der Waals surface area contributed by atoms with E-state index in [9.17, 15) is 0 Å². The molecule has 0 aliphatic heterocycles. The Kier molecular flexibility index (Phi) is 3.79. The van der Waals surface area contributed by atoms with Crippen molar-refractivity contribution in [2.45, 2.75) is 38.5 Å². The Labute approximate surface area is 169 Å². The lowest BCUT2D eigenvalue weighted by Crippen LogP contribution is -2.29. The first kappa shape index (κ1) is 16.6.